The van der Waals surface area contributed by atoms with E-state index in [1.165, 1.54) is 0 Å². The zero-order valence-corrected chi connectivity index (χ0v) is 16.1. The fourth-order valence-electron chi connectivity index (χ4n) is 2.39. The molecule has 25 heavy (non-hydrogen) atoms. The van der Waals surface area contributed by atoms with E-state index in [-0.39, 0.29) is 24.0 Å². The van der Waals surface area contributed by atoms with E-state index in [2.05, 4.69) is 15.3 Å². The summed E-state index contributed by atoms with van der Waals surface area (Å²) in [6.45, 7) is 0.461. The highest BCUT2D eigenvalue weighted by Crippen LogP contribution is 2.22. The van der Waals surface area contributed by atoms with Gasteiger partial charge in [-0.15, -0.1) is 24.0 Å². The van der Waals surface area contributed by atoms with Gasteiger partial charge in [0, 0.05) is 12.4 Å². The summed E-state index contributed by atoms with van der Waals surface area (Å²) in [5.74, 6) is 1.05. The smallest absolute Gasteiger partial charge is 0.193 e. The average Bonchev–Trinajstić information content (AvgIpc) is 3.15. The maximum Gasteiger partial charge on any atom is 0.193 e. The number of methoxy groups -OCH3 is 1. The Kier molecular flexibility index (Phi) is 6.81. The van der Waals surface area contributed by atoms with E-state index < -0.39 is 0 Å². The average molecular weight is 449 g/mol. The highest BCUT2D eigenvalue weighted by Gasteiger charge is 2.05. The van der Waals surface area contributed by atoms with Gasteiger partial charge in [-0.3, -0.25) is 0 Å². The van der Waals surface area contributed by atoms with Crippen LogP contribution in [0.2, 0.25) is 0 Å². The number of nitrogens with zero attached hydrogens (tertiary/aromatic N) is 3. The first-order chi connectivity index (χ1) is 11.8. The molecule has 0 saturated heterocycles. The number of hydrogen-bond acceptors (Lipinski definition) is 3. The number of halogens is 1. The number of rotatable bonds is 5. The number of anilines is 1. The maximum atomic E-state index is 6.01. The van der Waals surface area contributed by atoms with E-state index in [9.17, 15) is 0 Å². The minimum Gasteiger partial charge on any atom is -0.495 e. The Balaban J connectivity index is 0.00000225. The summed E-state index contributed by atoms with van der Waals surface area (Å²) in [6, 6.07) is 15.6. The van der Waals surface area contributed by atoms with Crippen molar-refractivity contribution in [1.82, 2.24) is 9.55 Å². The van der Waals surface area contributed by atoms with Crippen molar-refractivity contribution in [2.24, 2.45) is 10.7 Å². The summed E-state index contributed by atoms with van der Waals surface area (Å²) in [7, 11) is 1.62. The fraction of sp³-hybridized carbons (Fsp3) is 0.111. The molecular formula is C18H20IN5O. The molecule has 7 heteroatoms. The Hall–Kier alpha value is -2.55. The predicted molar refractivity (Wildman–Crippen MR) is 111 cm³/mol. The van der Waals surface area contributed by atoms with Crippen LogP contribution < -0.4 is 15.8 Å². The van der Waals surface area contributed by atoms with Crippen LogP contribution in [0.25, 0.3) is 5.69 Å². The van der Waals surface area contributed by atoms with Crippen molar-refractivity contribution in [2.45, 2.75) is 6.54 Å². The molecule has 0 bridgehead atoms. The Morgan fingerprint density at radius 3 is 2.72 bits per heavy atom. The molecule has 6 nitrogen and oxygen atoms in total. The number of aromatic nitrogens is 2. The van der Waals surface area contributed by atoms with E-state index in [1.54, 1.807) is 19.6 Å². The van der Waals surface area contributed by atoms with Gasteiger partial charge in [0.05, 0.1) is 31.4 Å². The van der Waals surface area contributed by atoms with Crippen molar-refractivity contribution in [1.29, 1.82) is 0 Å². The van der Waals surface area contributed by atoms with Crippen LogP contribution in [0.15, 0.2) is 72.2 Å². The molecule has 3 rings (SSSR count). The molecule has 0 spiro atoms. The lowest BCUT2D eigenvalue weighted by Crippen LogP contribution is -2.23. The Labute approximate surface area is 163 Å². The van der Waals surface area contributed by atoms with Crippen molar-refractivity contribution in [2.75, 3.05) is 12.4 Å². The number of nitrogens with one attached hydrogen (secondary N) is 1. The fourth-order valence-corrected chi connectivity index (χ4v) is 2.39. The maximum absolute atomic E-state index is 6.01. The van der Waals surface area contributed by atoms with Gasteiger partial charge in [0.1, 0.15) is 5.75 Å². The lowest BCUT2D eigenvalue weighted by Gasteiger charge is -2.11. The molecule has 0 aliphatic carbocycles. The summed E-state index contributed by atoms with van der Waals surface area (Å²) >= 11 is 0. The Bertz CT molecular complexity index is 833. The number of para-hydroxylation sites is 3. The van der Waals surface area contributed by atoms with Gasteiger partial charge in [-0.1, -0.05) is 30.3 Å². The van der Waals surface area contributed by atoms with Gasteiger partial charge in [-0.05, 0) is 23.8 Å². The van der Waals surface area contributed by atoms with Crippen LogP contribution in [0, 0.1) is 0 Å². The molecule has 0 radical (unpaired) electrons. The molecule has 2 aromatic carbocycles. The molecular weight excluding hydrogens is 429 g/mol. The molecule has 130 valence electrons. The third kappa shape index (κ3) is 4.72. The number of hydrogen-bond donors (Lipinski definition) is 2. The topological polar surface area (TPSA) is 77.5 Å². The van der Waals surface area contributed by atoms with Gasteiger partial charge in [0.15, 0.2) is 5.96 Å². The molecule has 1 heterocycles. The molecule has 0 fully saturated rings. The van der Waals surface area contributed by atoms with Crippen LogP contribution in [0.4, 0.5) is 5.69 Å². The molecule has 1 aromatic heterocycles. The number of nitrogens with two attached hydrogens (primary N) is 1. The van der Waals surface area contributed by atoms with Gasteiger partial charge in [-0.2, -0.15) is 0 Å². The van der Waals surface area contributed by atoms with E-state index >= 15 is 0 Å². The minimum atomic E-state index is 0. The summed E-state index contributed by atoms with van der Waals surface area (Å²) in [5, 5.41) is 3.07. The summed E-state index contributed by atoms with van der Waals surface area (Å²) in [4.78, 5) is 8.52. The predicted octanol–water partition coefficient (Wildman–Crippen LogP) is 3.43. The highest BCUT2D eigenvalue weighted by atomic mass is 127. The number of imidazole rings is 1. The van der Waals surface area contributed by atoms with Gasteiger partial charge < -0.3 is 20.4 Å². The second kappa shape index (κ2) is 9.07. The second-order valence-electron chi connectivity index (χ2n) is 5.13. The molecule has 0 amide bonds. The van der Waals surface area contributed by atoms with E-state index in [0.717, 1.165) is 22.7 Å². The second-order valence-corrected chi connectivity index (χ2v) is 5.13. The standard InChI is InChI=1S/C18H19N5O.HI/c1-24-17-9-5-3-7-15(17)22-18(19)21-12-14-6-2-4-8-16(14)23-11-10-20-13-23;/h2-11,13H,12H2,1H3,(H3,19,21,22);1H. The van der Waals surface area contributed by atoms with Crippen LogP contribution >= 0.6 is 24.0 Å². The summed E-state index contributed by atoms with van der Waals surface area (Å²) in [6.07, 6.45) is 5.41. The quantitative estimate of drug-likeness (QED) is 0.356. The Morgan fingerprint density at radius 1 is 1.20 bits per heavy atom. The first-order valence-electron chi connectivity index (χ1n) is 7.54. The zero-order chi connectivity index (χ0) is 16.8. The number of aliphatic imine (C=N–C) groups is 1. The van der Waals surface area contributed by atoms with Crippen molar-refractivity contribution in [3.63, 3.8) is 0 Å². The van der Waals surface area contributed by atoms with Crippen LogP contribution in [-0.2, 0) is 6.54 Å². The van der Waals surface area contributed by atoms with E-state index in [1.807, 2.05) is 59.3 Å². The van der Waals surface area contributed by atoms with Crippen LogP contribution in [0.3, 0.4) is 0 Å². The molecule has 3 N–H and O–H groups in total. The van der Waals surface area contributed by atoms with Crippen molar-refractivity contribution in [3.05, 3.63) is 72.8 Å². The first kappa shape index (κ1) is 18.8. The Morgan fingerprint density at radius 2 is 1.96 bits per heavy atom. The number of guanidine groups is 1. The third-order valence-corrected chi connectivity index (χ3v) is 3.56. The SMILES string of the molecule is COc1ccccc1NC(N)=NCc1ccccc1-n1ccnc1.I. The van der Waals surface area contributed by atoms with Gasteiger partial charge in [0.25, 0.3) is 0 Å². The van der Waals surface area contributed by atoms with Gasteiger partial charge in [-0.25, -0.2) is 9.98 Å². The van der Waals surface area contributed by atoms with E-state index in [4.69, 9.17) is 10.5 Å². The van der Waals surface area contributed by atoms with Crippen molar-refractivity contribution in [3.8, 4) is 11.4 Å². The lowest BCUT2D eigenvalue weighted by atomic mass is 10.2. The van der Waals surface area contributed by atoms with Crippen molar-refractivity contribution >= 4 is 35.6 Å². The molecule has 0 atom stereocenters. The number of ether oxygens (including phenoxy) is 1. The van der Waals surface area contributed by atoms with Crippen molar-refractivity contribution < 1.29 is 4.74 Å². The molecule has 0 saturated carbocycles. The molecule has 0 aliphatic heterocycles. The summed E-state index contributed by atoms with van der Waals surface area (Å²) < 4.78 is 7.25. The first-order valence-corrected chi connectivity index (χ1v) is 7.54. The zero-order valence-electron chi connectivity index (χ0n) is 13.8. The molecule has 0 aliphatic rings. The normalized spacial score (nSPS) is 10.8. The number of benzene rings is 2. The minimum absolute atomic E-state index is 0. The molecule has 0 unspecified atom stereocenters. The van der Waals surface area contributed by atoms with Crippen LogP contribution in [0.1, 0.15) is 5.56 Å². The largest absolute Gasteiger partial charge is 0.495 e. The highest BCUT2D eigenvalue weighted by molar-refractivity contribution is 14.0. The van der Waals surface area contributed by atoms with Gasteiger partial charge in [0.2, 0.25) is 0 Å². The molecule has 3 aromatic rings. The van der Waals surface area contributed by atoms with Crippen LogP contribution in [-0.4, -0.2) is 22.6 Å². The van der Waals surface area contributed by atoms with E-state index in [0.29, 0.717) is 12.5 Å². The third-order valence-electron chi connectivity index (χ3n) is 3.56. The monoisotopic (exact) mass is 449 g/mol. The summed E-state index contributed by atoms with van der Waals surface area (Å²) in [5.41, 5.74) is 8.88. The lowest BCUT2D eigenvalue weighted by molar-refractivity contribution is 0.417. The van der Waals surface area contributed by atoms with Crippen LogP contribution in [0.5, 0.6) is 5.75 Å². The van der Waals surface area contributed by atoms with Gasteiger partial charge >= 0.3 is 0 Å².